The van der Waals surface area contributed by atoms with Crippen molar-refractivity contribution < 1.29 is 33.9 Å². The van der Waals surface area contributed by atoms with Crippen molar-refractivity contribution in [3.05, 3.63) is 54.7 Å². The van der Waals surface area contributed by atoms with Crippen LogP contribution in [0.1, 0.15) is 30.3 Å². The minimum Gasteiger partial charge on any atom is -0.481 e. The van der Waals surface area contributed by atoms with Gasteiger partial charge in [0, 0.05) is 31.1 Å². The van der Waals surface area contributed by atoms with Gasteiger partial charge in [-0.1, -0.05) is 30.3 Å². The van der Waals surface area contributed by atoms with Crippen molar-refractivity contribution in [2.24, 2.45) is 0 Å². The predicted octanol–water partition coefficient (Wildman–Crippen LogP) is 0.920. The van der Waals surface area contributed by atoms with Crippen LogP contribution in [0.2, 0.25) is 0 Å². The number of hydroxylamine groups is 2. The molecule has 15 nitrogen and oxygen atoms in total. The average Bonchev–Trinajstić information content (AvgIpc) is 3.51. The zero-order valence-corrected chi connectivity index (χ0v) is 21.7. The van der Waals surface area contributed by atoms with Crippen molar-refractivity contribution in [1.82, 2.24) is 40.0 Å². The highest BCUT2D eigenvalue weighted by molar-refractivity contribution is 5.97. The van der Waals surface area contributed by atoms with E-state index < -0.39 is 30.0 Å². The lowest BCUT2D eigenvalue weighted by Crippen LogP contribution is -2.55. The van der Waals surface area contributed by atoms with Crippen LogP contribution >= 0.6 is 0 Å². The van der Waals surface area contributed by atoms with Crippen LogP contribution < -0.4 is 5.32 Å². The first-order valence-corrected chi connectivity index (χ1v) is 12.5. The van der Waals surface area contributed by atoms with Crippen molar-refractivity contribution >= 4 is 23.9 Å². The van der Waals surface area contributed by atoms with E-state index in [2.05, 4.69) is 25.4 Å². The van der Waals surface area contributed by atoms with Gasteiger partial charge in [-0.15, -0.1) is 5.06 Å². The lowest BCUT2D eigenvalue weighted by Gasteiger charge is -2.35. The summed E-state index contributed by atoms with van der Waals surface area (Å²) in [6.07, 6.45) is 1.43. The number of aromatic nitrogens is 5. The fourth-order valence-electron chi connectivity index (χ4n) is 3.94. The number of rotatable bonds is 10. The Morgan fingerprint density at radius 2 is 1.82 bits per heavy atom. The van der Waals surface area contributed by atoms with E-state index in [1.807, 2.05) is 6.07 Å². The summed E-state index contributed by atoms with van der Waals surface area (Å²) in [5, 5.41) is 17.3. The SMILES string of the molecule is CCOC(=O)ON1CCN(C(=O)[C@H](CCC(=O)O)NC(=O)c2cc(-n3cncn3)nc(-c3ccccc3)n2)CC1. The second kappa shape index (κ2) is 13.2. The molecule has 1 atom stereocenters. The molecule has 210 valence electrons. The number of nitrogens with zero attached hydrogens (tertiary/aromatic N) is 7. The summed E-state index contributed by atoms with van der Waals surface area (Å²) in [5.41, 5.74) is 0.611. The summed E-state index contributed by atoms with van der Waals surface area (Å²) in [6.45, 7) is 2.65. The second-order valence-electron chi connectivity index (χ2n) is 8.63. The summed E-state index contributed by atoms with van der Waals surface area (Å²) in [6, 6.07) is 9.28. The molecule has 2 aromatic heterocycles. The Bertz CT molecular complexity index is 1330. The fraction of sp³-hybridized carbons (Fsp3) is 0.360. The molecule has 0 aliphatic carbocycles. The van der Waals surface area contributed by atoms with Crippen LogP contribution in [0.15, 0.2) is 49.1 Å². The first-order valence-electron chi connectivity index (χ1n) is 12.5. The molecular formula is C25H28N8O7. The maximum absolute atomic E-state index is 13.4. The number of carbonyl (C=O) groups excluding carboxylic acids is 3. The van der Waals surface area contributed by atoms with Gasteiger partial charge < -0.3 is 24.9 Å². The first-order chi connectivity index (χ1) is 19.3. The summed E-state index contributed by atoms with van der Waals surface area (Å²) in [7, 11) is 0. The number of carboxylic acid groups (broad SMARTS) is 1. The Morgan fingerprint density at radius 1 is 1.07 bits per heavy atom. The van der Waals surface area contributed by atoms with Crippen molar-refractivity contribution in [2.75, 3.05) is 32.8 Å². The van der Waals surface area contributed by atoms with Gasteiger partial charge in [0.05, 0.1) is 19.7 Å². The molecule has 1 aromatic carbocycles. The Kier molecular flexibility index (Phi) is 9.30. The van der Waals surface area contributed by atoms with E-state index in [1.54, 1.807) is 31.2 Å². The number of carbonyl (C=O) groups is 4. The number of hydrogen-bond acceptors (Lipinski definition) is 11. The molecule has 0 saturated carbocycles. The van der Waals surface area contributed by atoms with E-state index in [9.17, 15) is 24.3 Å². The lowest BCUT2D eigenvalue weighted by atomic mass is 10.1. The van der Waals surface area contributed by atoms with E-state index in [4.69, 9.17) is 9.57 Å². The third-order valence-corrected chi connectivity index (χ3v) is 5.90. The number of nitrogens with one attached hydrogen (secondary N) is 1. The number of aliphatic carboxylic acids is 1. The van der Waals surface area contributed by atoms with Gasteiger partial charge in [0.2, 0.25) is 5.91 Å². The van der Waals surface area contributed by atoms with Crippen molar-refractivity contribution in [3.8, 4) is 17.2 Å². The molecule has 0 spiro atoms. The lowest BCUT2D eigenvalue weighted by molar-refractivity contribution is -0.157. The molecule has 2 N–H and O–H groups in total. The van der Waals surface area contributed by atoms with E-state index in [0.29, 0.717) is 5.56 Å². The van der Waals surface area contributed by atoms with Crippen LogP contribution in [0.5, 0.6) is 0 Å². The highest BCUT2D eigenvalue weighted by Gasteiger charge is 2.31. The molecule has 4 rings (SSSR count). The number of benzene rings is 1. The zero-order valence-electron chi connectivity index (χ0n) is 21.7. The maximum atomic E-state index is 13.4. The van der Waals surface area contributed by atoms with Crippen molar-refractivity contribution in [2.45, 2.75) is 25.8 Å². The van der Waals surface area contributed by atoms with Gasteiger partial charge in [0.25, 0.3) is 5.91 Å². The molecule has 3 heterocycles. The predicted molar refractivity (Wildman–Crippen MR) is 137 cm³/mol. The molecule has 15 heteroatoms. The van der Waals surface area contributed by atoms with Crippen LogP contribution in [0, 0.1) is 0 Å². The molecule has 40 heavy (non-hydrogen) atoms. The Labute approximate surface area is 228 Å². The Balaban J connectivity index is 1.52. The van der Waals surface area contributed by atoms with Crippen molar-refractivity contribution in [3.63, 3.8) is 0 Å². The molecule has 1 saturated heterocycles. The summed E-state index contributed by atoms with van der Waals surface area (Å²) < 4.78 is 6.13. The first kappa shape index (κ1) is 28.1. The standard InChI is InChI=1S/C25H28N8O7/c1-2-39-25(38)40-32-12-10-31(11-13-32)24(37)18(8-9-21(34)35)29-23(36)19-14-20(33-16-26-15-27-33)30-22(28-19)17-6-4-3-5-7-17/h3-7,14-16,18H,2,8-13H2,1H3,(H,29,36)(H,34,35)/t18-/m0/s1. The third kappa shape index (κ3) is 7.35. The normalized spacial score (nSPS) is 14.3. The number of carboxylic acids is 1. The molecule has 1 aliphatic rings. The van der Waals surface area contributed by atoms with Crippen LogP contribution in [0.25, 0.3) is 17.2 Å². The third-order valence-electron chi connectivity index (χ3n) is 5.90. The quantitative estimate of drug-likeness (QED) is 0.340. The largest absolute Gasteiger partial charge is 0.527 e. The highest BCUT2D eigenvalue weighted by Crippen LogP contribution is 2.18. The van der Waals surface area contributed by atoms with Crippen LogP contribution in [0.4, 0.5) is 4.79 Å². The summed E-state index contributed by atoms with van der Waals surface area (Å²) in [5.74, 6) is -1.72. The topological polar surface area (TPSA) is 182 Å². The van der Waals surface area contributed by atoms with Crippen LogP contribution in [-0.4, -0.2) is 103 Å². The van der Waals surface area contributed by atoms with Gasteiger partial charge in [0.15, 0.2) is 11.6 Å². The van der Waals surface area contributed by atoms with Crippen LogP contribution in [-0.2, 0) is 19.2 Å². The average molecular weight is 553 g/mol. The minimum atomic E-state index is -1.13. The smallest absolute Gasteiger partial charge is 0.481 e. The van der Waals surface area contributed by atoms with E-state index >= 15 is 0 Å². The van der Waals surface area contributed by atoms with Crippen LogP contribution in [0.3, 0.4) is 0 Å². The summed E-state index contributed by atoms with van der Waals surface area (Å²) >= 11 is 0. The molecule has 0 bridgehead atoms. The van der Waals surface area contributed by atoms with E-state index in [1.165, 1.54) is 33.4 Å². The monoisotopic (exact) mass is 552 g/mol. The summed E-state index contributed by atoms with van der Waals surface area (Å²) in [4.78, 5) is 68.9. The van der Waals surface area contributed by atoms with Crippen molar-refractivity contribution in [1.29, 1.82) is 0 Å². The number of ether oxygens (including phenoxy) is 1. The molecule has 3 aromatic rings. The number of piperazine rings is 1. The molecule has 0 radical (unpaired) electrons. The molecular weight excluding hydrogens is 524 g/mol. The fourth-order valence-corrected chi connectivity index (χ4v) is 3.94. The molecule has 1 aliphatic heterocycles. The van der Waals surface area contributed by atoms with E-state index in [0.717, 1.165) is 0 Å². The van der Waals surface area contributed by atoms with Gasteiger partial charge >= 0.3 is 12.1 Å². The second-order valence-corrected chi connectivity index (χ2v) is 8.63. The minimum absolute atomic E-state index is 0.0415. The van der Waals surface area contributed by atoms with Gasteiger partial charge in [-0.2, -0.15) is 5.10 Å². The molecule has 1 fully saturated rings. The number of amides is 2. The molecule has 2 amide bonds. The van der Waals surface area contributed by atoms with E-state index in [-0.39, 0.29) is 63.0 Å². The highest BCUT2D eigenvalue weighted by atomic mass is 16.8. The number of hydrogen-bond donors (Lipinski definition) is 2. The zero-order chi connectivity index (χ0) is 28.5. The van der Waals surface area contributed by atoms with Gasteiger partial charge in [-0.25, -0.2) is 24.4 Å². The van der Waals surface area contributed by atoms with Gasteiger partial charge in [0.1, 0.15) is 24.4 Å². The van der Waals surface area contributed by atoms with Gasteiger partial charge in [-0.05, 0) is 13.3 Å². The Morgan fingerprint density at radius 3 is 2.48 bits per heavy atom. The Hall–Kier alpha value is -4.92. The molecule has 0 unspecified atom stereocenters. The maximum Gasteiger partial charge on any atom is 0.527 e. The van der Waals surface area contributed by atoms with Gasteiger partial charge in [-0.3, -0.25) is 14.4 Å².